The fourth-order valence-electron chi connectivity index (χ4n) is 2.15. The maximum atomic E-state index is 12.1. The van der Waals surface area contributed by atoms with Crippen LogP contribution in [0, 0.1) is 11.8 Å². The van der Waals surface area contributed by atoms with Gasteiger partial charge in [0.05, 0.1) is 19.3 Å². The summed E-state index contributed by atoms with van der Waals surface area (Å²) in [5, 5.41) is 3.29. The molecule has 2 aliphatic rings. The molecule has 2 unspecified atom stereocenters. The van der Waals surface area contributed by atoms with Crippen LogP contribution >= 0.6 is 0 Å². The second kappa shape index (κ2) is 5.83. The van der Waals surface area contributed by atoms with E-state index in [9.17, 15) is 4.79 Å². The number of nitrogens with one attached hydrogen (secondary N) is 1. The molecule has 0 aromatic heterocycles. The van der Waals surface area contributed by atoms with Gasteiger partial charge in [-0.25, -0.2) is 0 Å². The number of ether oxygens (including phenoxy) is 1. The van der Waals surface area contributed by atoms with E-state index in [1.165, 1.54) is 12.8 Å². The van der Waals surface area contributed by atoms with Gasteiger partial charge in [-0.05, 0) is 24.7 Å². The van der Waals surface area contributed by atoms with Crippen molar-refractivity contribution in [1.82, 2.24) is 10.2 Å². The Morgan fingerprint density at radius 3 is 2.94 bits per heavy atom. The van der Waals surface area contributed by atoms with Crippen molar-refractivity contribution in [2.24, 2.45) is 11.8 Å². The van der Waals surface area contributed by atoms with Crippen molar-refractivity contribution in [2.75, 3.05) is 26.4 Å². The molecule has 98 valence electrons. The van der Waals surface area contributed by atoms with Gasteiger partial charge in [-0.15, -0.1) is 0 Å². The van der Waals surface area contributed by atoms with Gasteiger partial charge in [0.25, 0.3) is 0 Å². The van der Waals surface area contributed by atoms with Gasteiger partial charge < -0.3 is 9.64 Å². The molecule has 0 bridgehead atoms. The smallest absolute Gasteiger partial charge is 0.241 e. The fourth-order valence-corrected chi connectivity index (χ4v) is 2.15. The number of rotatable bonds is 7. The molecule has 0 aromatic rings. The maximum Gasteiger partial charge on any atom is 0.241 e. The van der Waals surface area contributed by atoms with Crippen LogP contribution in [0.1, 0.15) is 33.1 Å². The molecule has 17 heavy (non-hydrogen) atoms. The predicted molar refractivity (Wildman–Crippen MR) is 66.5 cm³/mol. The summed E-state index contributed by atoms with van der Waals surface area (Å²) >= 11 is 0. The van der Waals surface area contributed by atoms with E-state index < -0.39 is 0 Å². The minimum Gasteiger partial charge on any atom is -0.379 e. The topological polar surface area (TPSA) is 41.6 Å². The van der Waals surface area contributed by atoms with E-state index in [1.807, 2.05) is 4.90 Å². The van der Waals surface area contributed by atoms with Gasteiger partial charge in [0, 0.05) is 13.2 Å². The molecule has 0 radical (unpaired) electrons. The van der Waals surface area contributed by atoms with Gasteiger partial charge in [0.15, 0.2) is 0 Å². The van der Waals surface area contributed by atoms with E-state index in [0.29, 0.717) is 19.2 Å². The zero-order valence-corrected chi connectivity index (χ0v) is 10.9. The van der Waals surface area contributed by atoms with Crippen LogP contribution in [0.4, 0.5) is 0 Å². The highest BCUT2D eigenvalue weighted by Gasteiger charge is 2.33. The Bertz CT molecular complexity index is 266. The molecule has 2 atom stereocenters. The minimum absolute atomic E-state index is 0.0171. The second-order valence-electron chi connectivity index (χ2n) is 5.35. The Hall–Kier alpha value is -0.610. The number of carbonyl (C=O) groups is 1. The van der Waals surface area contributed by atoms with E-state index in [-0.39, 0.29) is 11.9 Å². The van der Waals surface area contributed by atoms with E-state index >= 15 is 0 Å². The van der Waals surface area contributed by atoms with Gasteiger partial charge >= 0.3 is 0 Å². The Kier molecular flexibility index (Phi) is 4.40. The number of hydrogen-bond acceptors (Lipinski definition) is 3. The lowest BCUT2D eigenvalue weighted by atomic mass is 9.99. The molecule has 1 amide bonds. The minimum atomic E-state index is 0.0171. The van der Waals surface area contributed by atoms with Crippen LogP contribution in [0.25, 0.3) is 0 Å². The molecule has 1 saturated carbocycles. The highest BCUT2D eigenvalue weighted by atomic mass is 16.5. The van der Waals surface area contributed by atoms with Crippen molar-refractivity contribution in [3.8, 4) is 0 Å². The highest BCUT2D eigenvalue weighted by Crippen LogP contribution is 2.28. The summed E-state index contributed by atoms with van der Waals surface area (Å²) in [7, 11) is 0. The molecule has 1 heterocycles. The highest BCUT2D eigenvalue weighted by molar-refractivity contribution is 5.84. The van der Waals surface area contributed by atoms with Gasteiger partial charge in [0.1, 0.15) is 0 Å². The van der Waals surface area contributed by atoms with Crippen LogP contribution in [-0.2, 0) is 9.53 Å². The molecule has 0 aromatic carbocycles. The predicted octanol–water partition coefficient (Wildman–Crippen LogP) is 1.22. The third kappa shape index (κ3) is 3.42. The Labute approximate surface area is 104 Å². The van der Waals surface area contributed by atoms with Crippen LogP contribution in [0.2, 0.25) is 0 Å². The summed E-state index contributed by atoms with van der Waals surface area (Å²) < 4.78 is 5.57. The van der Waals surface area contributed by atoms with Crippen LogP contribution < -0.4 is 5.32 Å². The molecule has 1 N–H and O–H groups in total. The number of carbonyl (C=O) groups excluding carboxylic acids is 1. The largest absolute Gasteiger partial charge is 0.379 e. The third-order valence-corrected chi connectivity index (χ3v) is 3.85. The van der Waals surface area contributed by atoms with Gasteiger partial charge in [-0.2, -0.15) is 0 Å². The van der Waals surface area contributed by atoms with E-state index in [4.69, 9.17) is 4.74 Å². The number of amides is 1. The summed E-state index contributed by atoms with van der Waals surface area (Å²) in [6.07, 6.45) is 3.68. The molecule has 2 fully saturated rings. The molecule has 2 rings (SSSR count). The monoisotopic (exact) mass is 240 g/mol. The Morgan fingerprint density at radius 1 is 1.53 bits per heavy atom. The standard InChI is InChI=1S/C13H24N2O2/c1-3-10(2)12-13(16)15(9-14-12)6-7-17-8-11-4-5-11/h10-12,14H,3-9H2,1-2H3. The number of hydrogen-bond donors (Lipinski definition) is 1. The van der Waals surface area contributed by atoms with Crippen molar-refractivity contribution in [1.29, 1.82) is 0 Å². The van der Waals surface area contributed by atoms with Crippen molar-refractivity contribution in [3.05, 3.63) is 0 Å². The lowest BCUT2D eigenvalue weighted by molar-refractivity contribution is -0.130. The zero-order valence-electron chi connectivity index (χ0n) is 10.9. The molecular weight excluding hydrogens is 216 g/mol. The van der Waals surface area contributed by atoms with Crippen LogP contribution in [0.15, 0.2) is 0 Å². The van der Waals surface area contributed by atoms with Gasteiger partial charge in [-0.3, -0.25) is 10.1 Å². The molecule has 4 nitrogen and oxygen atoms in total. The number of nitrogens with zero attached hydrogens (tertiary/aromatic N) is 1. The second-order valence-corrected chi connectivity index (χ2v) is 5.35. The first kappa shape index (κ1) is 12.8. The van der Waals surface area contributed by atoms with Gasteiger partial charge in [-0.1, -0.05) is 20.3 Å². The zero-order chi connectivity index (χ0) is 12.3. The summed E-state index contributed by atoms with van der Waals surface area (Å²) in [5.74, 6) is 1.46. The van der Waals surface area contributed by atoms with Crippen molar-refractivity contribution in [2.45, 2.75) is 39.2 Å². The Morgan fingerprint density at radius 2 is 2.29 bits per heavy atom. The average Bonchev–Trinajstić information content (AvgIpc) is 3.09. The van der Waals surface area contributed by atoms with E-state index in [0.717, 1.165) is 25.5 Å². The van der Waals surface area contributed by atoms with Crippen LogP contribution in [0.5, 0.6) is 0 Å². The maximum absolute atomic E-state index is 12.1. The molecule has 1 saturated heterocycles. The molecule has 4 heteroatoms. The average molecular weight is 240 g/mol. The van der Waals surface area contributed by atoms with Crippen molar-refractivity contribution >= 4 is 5.91 Å². The molecule has 1 aliphatic carbocycles. The van der Waals surface area contributed by atoms with Crippen molar-refractivity contribution < 1.29 is 9.53 Å². The van der Waals surface area contributed by atoms with Gasteiger partial charge in [0.2, 0.25) is 5.91 Å². The van der Waals surface area contributed by atoms with E-state index in [2.05, 4.69) is 19.2 Å². The quantitative estimate of drug-likeness (QED) is 0.680. The third-order valence-electron chi connectivity index (χ3n) is 3.85. The Balaban J connectivity index is 1.65. The van der Waals surface area contributed by atoms with E-state index in [1.54, 1.807) is 0 Å². The first-order valence-corrected chi connectivity index (χ1v) is 6.82. The SMILES string of the molecule is CCC(C)C1NCN(CCOCC2CC2)C1=O. The first-order chi connectivity index (χ1) is 8.22. The van der Waals surface area contributed by atoms with Crippen molar-refractivity contribution in [3.63, 3.8) is 0 Å². The lowest BCUT2D eigenvalue weighted by Crippen LogP contribution is -2.36. The molecule has 1 aliphatic heterocycles. The lowest BCUT2D eigenvalue weighted by Gasteiger charge is -2.17. The van der Waals surface area contributed by atoms with Crippen LogP contribution in [-0.4, -0.2) is 43.3 Å². The normalized spacial score (nSPS) is 26.6. The van der Waals surface area contributed by atoms with Crippen LogP contribution in [0.3, 0.4) is 0 Å². The molecular formula is C13H24N2O2. The molecule has 0 spiro atoms. The fraction of sp³-hybridized carbons (Fsp3) is 0.923. The summed E-state index contributed by atoms with van der Waals surface area (Å²) in [6, 6.07) is 0.0171. The summed E-state index contributed by atoms with van der Waals surface area (Å²) in [6.45, 7) is 7.22. The first-order valence-electron chi connectivity index (χ1n) is 6.82. The summed E-state index contributed by atoms with van der Waals surface area (Å²) in [4.78, 5) is 13.9. The summed E-state index contributed by atoms with van der Waals surface area (Å²) in [5.41, 5.74) is 0.